The molecule has 3 rings (SSSR count). The first-order valence-corrected chi connectivity index (χ1v) is 7.49. The molecule has 1 aromatic heterocycles. The van der Waals surface area contributed by atoms with Gasteiger partial charge in [0, 0.05) is 37.9 Å². The molecule has 1 unspecified atom stereocenters. The zero-order valence-corrected chi connectivity index (χ0v) is 13.2. The van der Waals surface area contributed by atoms with Crippen molar-refractivity contribution in [2.75, 3.05) is 13.1 Å². The number of hydrogen-bond acceptors (Lipinski definition) is 3. The molecule has 1 saturated heterocycles. The zero-order chi connectivity index (χ0) is 16.1. The zero-order valence-electron chi connectivity index (χ0n) is 13.2. The van der Waals surface area contributed by atoms with E-state index in [0.29, 0.717) is 24.2 Å². The normalized spacial score (nSPS) is 25.3. The Bertz CT molecular complexity index is 687. The molecule has 1 aliphatic carbocycles. The lowest BCUT2D eigenvalue weighted by atomic mass is 9.60. The van der Waals surface area contributed by atoms with Gasteiger partial charge in [-0.15, -0.1) is 0 Å². The SMILES string of the molecule is Cn1ccc(C(=O)N2CC3(C=C(C#N)C(O)C(C)(C)C3)C2)c1. The molecule has 2 heterocycles. The van der Waals surface area contributed by atoms with Crippen LogP contribution >= 0.6 is 0 Å². The van der Waals surface area contributed by atoms with Crippen molar-refractivity contribution in [1.29, 1.82) is 5.26 Å². The number of aliphatic hydroxyl groups is 1. The highest BCUT2D eigenvalue weighted by Crippen LogP contribution is 2.49. The highest BCUT2D eigenvalue weighted by atomic mass is 16.3. The molecule has 1 aliphatic heterocycles. The monoisotopic (exact) mass is 299 g/mol. The van der Waals surface area contributed by atoms with Crippen LogP contribution in [-0.4, -0.2) is 39.7 Å². The first kappa shape index (κ1) is 14.9. The second-order valence-corrected chi connectivity index (χ2v) is 7.37. The number of aromatic nitrogens is 1. The Morgan fingerprint density at radius 1 is 1.45 bits per heavy atom. The molecule has 5 heteroatoms. The van der Waals surface area contributed by atoms with Gasteiger partial charge < -0.3 is 14.6 Å². The summed E-state index contributed by atoms with van der Waals surface area (Å²) in [6, 6.07) is 3.93. The molecule has 0 bridgehead atoms. The van der Waals surface area contributed by atoms with E-state index in [1.807, 2.05) is 54.9 Å². The molecule has 1 fully saturated rings. The maximum atomic E-state index is 12.4. The number of amides is 1. The number of carbonyl (C=O) groups is 1. The number of aliphatic hydroxyl groups excluding tert-OH is 1. The van der Waals surface area contributed by atoms with Crippen LogP contribution in [0.25, 0.3) is 0 Å². The molecule has 116 valence electrons. The van der Waals surface area contributed by atoms with E-state index in [1.54, 1.807) is 0 Å². The summed E-state index contributed by atoms with van der Waals surface area (Å²) in [5, 5.41) is 19.5. The number of aryl methyl sites for hydroxylation is 1. The molecule has 1 N–H and O–H groups in total. The van der Waals surface area contributed by atoms with E-state index in [0.717, 1.165) is 6.42 Å². The summed E-state index contributed by atoms with van der Waals surface area (Å²) in [5.41, 5.74) is 0.611. The third-order valence-electron chi connectivity index (χ3n) is 4.81. The van der Waals surface area contributed by atoms with Gasteiger partial charge in [-0.2, -0.15) is 5.26 Å². The number of hydrogen-bond donors (Lipinski definition) is 1. The third kappa shape index (κ3) is 2.24. The lowest BCUT2D eigenvalue weighted by molar-refractivity contribution is -0.0303. The molecule has 1 aromatic rings. The summed E-state index contributed by atoms with van der Waals surface area (Å²) in [7, 11) is 1.89. The van der Waals surface area contributed by atoms with Crippen LogP contribution in [0.3, 0.4) is 0 Å². The van der Waals surface area contributed by atoms with Gasteiger partial charge in [-0.3, -0.25) is 4.79 Å². The minimum atomic E-state index is -0.720. The van der Waals surface area contributed by atoms with E-state index >= 15 is 0 Å². The van der Waals surface area contributed by atoms with Crippen molar-refractivity contribution in [1.82, 2.24) is 9.47 Å². The Morgan fingerprint density at radius 3 is 2.68 bits per heavy atom. The van der Waals surface area contributed by atoms with Gasteiger partial charge in [-0.05, 0) is 17.9 Å². The molecule has 0 radical (unpaired) electrons. The number of rotatable bonds is 1. The maximum absolute atomic E-state index is 12.4. The van der Waals surface area contributed by atoms with E-state index in [-0.39, 0.29) is 16.7 Å². The van der Waals surface area contributed by atoms with Gasteiger partial charge in [0.1, 0.15) is 0 Å². The fourth-order valence-corrected chi connectivity index (χ4v) is 3.85. The van der Waals surface area contributed by atoms with Gasteiger partial charge in [-0.1, -0.05) is 19.9 Å². The Morgan fingerprint density at radius 2 is 2.14 bits per heavy atom. The average Bonchev–Trinajstić information content (AvgIpc) is 2.85. The van der Waals surface area contributed by atoms with Crippen molar-refractivity contribution in [3.05, 3.63) is 35.7 Å². The van der Waals surface area contributed by atoms with Crippen LogP contribution in [-0.2, 0) is 7.05 Å². The Kier molecular flexibility index (Phi) is 3.19. The molecule has 0 aromatic carbocycles. The number of nitriles is 1. The fourth-order valence-electron chi connectivity index (χ4n) is 3.85. The predicted molar refractivity (Wildman–Crippen MR) is 81.9 cm³/mol. The minimum Gasteiger partial charge on any atom is -0.387 e. The first-order chi connectivity index (χ1) is 10.3. The molecular weight excluding hydrogens is 278 g/mol. The van der Waals surface area contributed by atoms with E-state index in [2.05, 4.69) is 6.07 Å². The van der Waals surface area contributed by atoms with Crippen molar-refractivity contribution in [2.45, 2.75) is 26.4 Å². The highest BCUT2D eigenvalue weighted by molar-refractivity contribution is 5.94. The third-order valence-corrected chi connectivity index (χ3v) is 4.81. The minimum absolute atomic E-state index is 0.0297. The molecule has 1 atom stereocenters. The largest absolute Gasteiger partial charge is 0.387 e. The number of nitrogens with zero attached hydrogens (tertiary/aromatic N) is 3. The lowest BCUT2D eigenvalue weighted by Crippen LogP contribution is -2.61. The van der Waals surface area contributed by atoms with Gasteiger partial charge in [0.25, 0.3) is 5.91 Å². The molecule has 1 amide bonds. The summed E-state index contributed by atoms with van der Waals surface area (Å²) in [6.45, 7) is 5.18. The van der Waals surface area contributed by atoms with Crippen LogP contribution in [0.1, 0.15) is 30.6 Å². The second kappa shape index (κ2) is 4.72. The van der Waals surface area contributed by atoms with E-state index < -0.39 is 6.10 Å². The van der Waals surface area contributed by atoms with Crippen molar-refractivity contribution >= 4 is 5.91 Å². The van der Waals surface area contributed by atoms with Crippen LogP contribution in [0.15, 0.2) is 30.1 Å². The van der Waals surface area contributed by atoms with E-state index in [9.17, 15) is 15.2 Å². The second-order valence-electron chi connectivity index (χ2n) is 7.37. The molecular formula is C17H21N3O2. The van der Waals surface area contributed by atoms with Gasteiger partial charge >= 0.3 is 0 Å². The van der Waals surface area contributed by atoms with Crippen LogP contribution in [0.4, 0.5) is 0 Å². The standard InChI is InChI=1S/C17H21N3O2/c1-16(2)9-17(6-13(7-18)14(16)21)10-20(11-17)15(22)12-4-5-19(3)8-12/h4-6,8,14,21H,9-11H2,1-3H3. The van der Waals surface area contributed by atoms with Crippen LogP contribution in [0.2, 0.25) is 0 Å². The Hall–Kier alpha value is -2.06. The molecule has 5 nitrogen and oxygen atoms in total. The van der Waals surface area contributed by atoms with Crippen LogP contribution < -0.4 is 0 Å². The van der Waals surface area contributed by atoms with Gasteiger partial charge in [0.2, 0.25) is 0 Å². The number of carbonyl (C=O) groups excluding carboxylic acids is 1. The van der Waals surface area contributed by atoms with Crippen molar-refractivity contribution in [3.63, 3.8) is 0 Å². The smallest absolute Gasteiger partial charge is 0.255 e. The van der Waals surface area contributed by atoms with Crippen molar-refractivity contribution in [2.24, 2.45) is 17.9 Å². The van der Waals surface area contributed by atoms with Gasteiger partial charge in [0.05, 0.1) is 23.3 Å². The van der Waals surface area contributed by atoms with Crippen LogP contribution in [0.5, 0.6) is 0 Å². The number of likely N-dealkylation sites (tertiary alicyclic amines) is 1. The molecule has 2 aliphatic rings. The highest BCUT2D eigenvalue weighted by Gasteiger charge is 2.52. The van der Waals surface area contributed by atoms with Crippen molar-refractivity contribution in [3.8, 4) is 6.07 Å². The Labute approximate surface area is 130 Å². The molecule has 22 heavy (non-hydrogen) atoms. The summed E-state index contributed by atoms with van der Waals surface area (Å²) in [6.07, 6.45) is 5.62. The predicted octanol–water partition coefficient (Wildman–Crippen LogP) is 1.71. The summed E-state index contributed by atoms with van der Waals surface area (Å²) in [5.74, 6) is 0.0297. The Balaban J connectivity index is 1.78. The van der Waals surface area contributed by atoms with Gasteiger partial charge in [-0.25, -0.2) is 0 Å². The van der Waals surface area contributed by atoms with Gasteiger partial charge in [0.15, 0.2) is 0 Å². The average molecular weight is 299 g/mol. The summed E-state index contributed by atoms with van der Waals surface area (Å²) < 4.78 is 1.86. The molecule has 1 spiro atoms. The first-order valence-electron chi connectivity index (χ1n) is 7.49. The van der Waals surface area contributed by atoms with Crippen molar-refractivity contribution < 1.29 is 9.90 Å². The maximum Gasteiger partial charge on any atom is 0.255 e. The quantitative estimate of drug-likeness (QED) is 0.858. The summed E-state index contributed by atoms with van der Waals surface area (Å²) in [4.78, 5) is 14.2. The lowest BCUT2D eigenvalue weighted by Gasteiger charge is -2.54. The topological polar surface area (TPSA) is 69.3 Å². The van der Waals surface area contributed by atoms with E-state index in [1.165, 1.54) is 0 Å². The summed E-state index contributed by atoms with van der Waals surface area (Å²) >= 11 is 0. The van der Waals surface area contributed by atoms with E-state index in [4.69, 9.17) is 0 Å². The van der Waals surface area contributed by atoms with Crippen LogP contribution in [0, 0.1) is 22.2 Å². The molecule has 0 saturated carbocycles. The fraction of sp³-hybridized carbons (Fsp3) is 0.529.